The van der Waals surface area contributed by atoms with Gasteiger partial charge in [-0.15, -0.1) is 0 Å². The third kappa shape index (κ3) is 4.96. The van der Waals surface area contributed by atoms with Crippen molar-refractivity contribution >= 4 is 23.9 Å². The van der Waals surface area contributed by atoms with Gasteiger partial charge < -0.3 is 9.47 Å². The average Bonchev–Trinajstić information content (AvgIpc) is 3.20. The topological polar surface area (TPSA) is 85.7 Å². The Labute approximate surface area is 178 Å². The van der Waals surface area contributed by atoms with Gasteiger partial charge in [0.05, 0.1) is 6.21 Å². The highest BCUT2D eigenvalue weighted by Crippen LogP contribution is 2.31. The van der Waals surface area contributed by atoms with Crippen LogP contribution in [0.3, 0.4) is 0 Å². The van der Waals surface area contributed by atoms with Crippen LogP contribution >= 0.6 is 11.8 Å². The van der Waals surface area contributed by atoms with Gasteiger partial charge in [-0.3, -0.25) is 4.79 Å². The number of benzene rings is 2. The normalized spacial score (nSPS) is 12.3. The van der Waals surface area contributed by atoms with Crippen LogP contribution in [0.15, 0.2) is 58.8 Å². The van der Waals surface area contributed by atoms with E-state index < -0.39 is 0 Å². The number of aryl methyl sites for hydroxylation is 2. The van der Waals surface area contributed by atoms with E-state index in [0.717, 1.165) is 33.4 Å². The Bertz CT molecular complexity index is 1080. The van der Waals surface area contributed by atoms with E-state index in [2.05, 4.69) is 20.5 Å². The summed E-state index contributed by atoms with van der Waals surface area (Å²) in [7, 11) is 0. The minimum Gasteiger partial charge on any atom is -0.454 e. The average molecular weight is 420 g/mol. The van der Waals surface area contributed by atoms with Crippen LogP contribution in [0.25, 0.3) is 0 Å². The molecule has 152 valence electrons. The Balaban J connectivity index is 1.31. The number of carbonyl (C=O) groups excluding carboxylic acids is 1. The molecule has 3 aromatic rings. The molecule has 0 aliphatic carbocycles. The molecule has 1 aromatic heterocycles. The Hall–Kier alpha value is -3.39. The van der Waals surface area contributed by atoms with E-state index in [-0.39, 0.29) is 12.7 Å². The first kappa shape index (κ1) is 19.9. The molecule has 1 N–H and O–H groups in total. The van der Waals surface area contributed by atoms with Crippen LogP contribution in [0.1, 0.15) is 32.9 Å². The van der Waals surface area contributed by atoms with Gasteiger partial charge in [-0.2, -0.15) is 5.10 Å². The third-order valence-electron chi connectivity index (χ3n) is 4.32. The molecule has 30 heavy (non-hydrogen) atoms. The Morgan fingerprint density at radius 2 is 1.80 bits per heavy atom. The first-order valence-electron chi connectivity index (χ1n) is 9.34. The lowest BCUT2D eigenvalue weighted by molar-refractivity contribution is 0.0955. The predicted octanol–water partition coefficient (Wildman–Crippen LogP) is 3.88. The van der Waals surface area contributed by atoms with Gasteiger partial charge in [-0.05, 0) is 61.4 Å². The predicted molar refractivity (Wildman–Crippen MR) is 115 cm³/mol. The fraction of sp³-hybridized carbons (Fsp3) is 0.182. The monoisotopic (exact) mass is 420 g/mol. The zero-order valence-electron chi connectivity index (χ0n) is 16.6. The number of hydrogen-bond acceptors (Lipinski definition) is 7. The van der Waals surface area contributed by atoms with Crippen LogP contribution in [0.2, 0.25) is 0 Å². The molecule has 2 aromatic carbocycles. The van der Waals surface area contributed by atoms with Gasteiger partial charge >= 0.3 is 0 Å². The summed E-state index contributed by atoms with van der Waals surface area (Å²) < 4.78 is 10.6. The molecule has 0 saturated carbocycles. The summed E-state index contributed by atoms with van der Waals surface area (Å²) in [6.45, 7) is 4.14. The molecule has 8 heteroatoms. The van der Waals surface area contributed by atoms with Gasteiger partial charge in [0, 0.05) is 22.7 Å². The van der Waals surface area contributed by atoms with Crippen LogP contribution in [0.5, 0.6) is 11.5 Å². The van der Waals surface area contributed by atoms with Crippen molar-refractivity contribution in [1.82, 2.24) is 15.4 Å². The van der Waals surface area contributed by atoms with Crippen molar-refractivity contribution < 1.29 is 14.3 Å². The van der Waals surface area contributed by atoms with E-state index in [4.69, 9.17) is 9.47 Å². The van der Waals surface area contributed by atoms with Crippen LogP contribution in [0, 0.1) is 13.8 Å². The minimum absolute atomic E-state index is 0.221. The van der Waals surface area contributed by atoms with Crippen molar-refractivity contribution in [2.24, 2.45) is 5.10 Å². The molecule has 0 atom stereocenters. The Kier molecular flexibility index (Phi) is 5.94. The van der Waals surface area contributed by atoms with Crippen LogP contribution in [0.4, 0.5) is 0 Å². The molecule has 2 heterocycles. The lowest BCUT2D eigenvalue weighted by Gasteiger charge is -2.05. The van der Waals surface area contributed by atoms with Crippen molar-refractivity contribution in [3.05, 3.63) is 76.6 Å². The van der Waals surface area contributed by atoms with Gasteiger partial charge in [0.25, 0.3) is 5.91 Å². The number of fused-ring (bicyclic) bond motifs is 1. The second-order valence-electron chi connectivity index (χ2n) is 6.73. The molecule has 7 nitrogen and oxygen atoms in total. The molecule has 0 spiro atoms. The summed E-state index contributed by atoms with van der Waals surface area (Å²) in [4.78, 5) is 21.2. The zero-order chi connectivity index (χ0) is 20.9. The number of hydrogen-bond donors (Lipinski definition) is 1. The van der Waals surface area contributed by atoms with Gasteiger partial charge in [-0.25, -0.2) is 15.4 Å². The molecule has 1 aliphatic heterocycles. The number of carbonyl (C=O) groups is 1. The number of hydrazone groups is 1. The number of thioether (sulfide) groups is 1. The number of nitrogens with one attached hydrogen (secondary N) is 1. The van der Waals surface area contributed by atoms with E-state index in [1.54, 1.807) is 30.1 Å². The molecule has 1 amide bonds. The van der Waals surface area contributed by atoms with Crippen molar-refractivity contribution in [2.45, 2.75) is 24.8 Å². The summed E-state index contributed by atoms with van der Waals surface area (Å²) in [5, 5.41) is 4.77. The quantitative estimate of drug-likeness (QED) is 0.282. The smallest absolute Gasteiger partial charge is 0.271 e. The van der Waals surface area contributed by atoms with Crippen molar-refractivity contribution in [2.75, 3.05) is 6.79 Å². The molecule has 0 saturated heterocycles. The fourth-order valence-electron chi connectivity index (χ4n) is 2.88. The summed E-state index contributed by atoms with van der Waals surface area (Å²) in [6.07, 6.45) is 1.56. The minimum atomic E-state index is -0.274. The van der Waals surface area contributed by atoms with Gasteiger partial charge in [0.1, 0.15) is 0 Å². The number of nitrogens with zero attached hydrogens (tertiary/aromatic N) is 3. The molecule has 4 rings (SSSR count). The maximum absolute atomic E-state index is 12.3. The number of aromatic nitrogens is 2. The van der Waals surface area contributed by atoms with E-state index in [9.17, 15) is 4.79 Å². The molecule has 0 bridgehead atoms. The Morgan fingerprint density at radius 3 is 2.57 bits per heavy atom. The second-order valence-corrected chi connectivity index (χ2v) is 7.67. The maximum Gasteiger partial charge on any atom is 0.271 e. The van der Waals surface area contributed by atoms with Crippen molar-refractivity contribution in [1.29, 1.82) is 0 Å². The van der Waals surface area contributed by atoms with Crippen molar-refractivity contribution in [3.63, 3.8) is 0 Å². The van der Waals surface area contributed by atoms with E-state index in [0.29, 0.717) is 17.1 Å². The molecule has 1 aliphatic rings. The van der Waals surface area contributed by atoms with Gasteiger partial charge in [-0.1, -0.05) is 23.9 Å². The lowest BCUT2D eigenvalue weighted by Crippen LogP contribution is -2.17. The first-order valence-corrected chi connectivity index (χ1v) is 10.3. The summed E-state index contributed by atoms with van der Waals surface area (Å²) in [5.74, 6) is 1.83. The fourth-order valence-corrected chi connectivity index (χ4v) is 3.79. The standard InChI is InChI=1S/C22H20N4O3S/c1-14-9-15(2)25-22(24-14)30-12-16-3-6-18(7-4-16)21(27)26-23-11-17-5-8-19-20(10-17)29-13-28-19/h3-11H,12-13H2,1-2H3,(H,26,27)/b23-11-. The van der Waals surface area contributed by atoms with Crippen molar-refractivity contribution in [3.8, 4) is 11.5 Å². The molecule has 0 radical (unpaired) electrons. The maximum atomic E-state index is 12.3. The second kappa shape index (κ2) is 8.96. The van der Waals surface area contributed by atoms with E-state index in [1.807, 2.05) is 50.2 Å². The third-order valence-corrected chi connectivity index (χ3v) is 5.24. The SMILES string of the molecule is Cc1cc(C)nc(SCc2ccc(C(=O)N/N=C\c3ccc4c(c3)OCO4)cc2)n1. The van der Waals surface area contributed by atoms with Gasteiger partial charge in [0.2, 0.25) is 6.79 Å². The van der Waals surface area contributed by atoms with Gasteiger partial charge in [0.15, 0.2) is 16.7 Å². The van der Waals surface area contributed by atoms with Crippen LogP contribution in [-0.2, 0) is 5.75 Å². The highest BCUT2D eigenvalue weighted by atomic mass is 32.2. The highest BCUT2D eigenvalue weighted by Gasteiger charge is 2.12. The largest absolute Gasteiger partial charge is 0.454 e. The number of rotatable bonds is 6. The van der Waals surface area contributed by atoms with E-state index in [1.165, 1.54) is 0 Å². The lowest BCUT2D eigenvalue weighted by atomic mass is 10.1. The zero-order valence-corrected chi connectivity index (χ0v) is 17.4. The van der Waals surface area contributed by atoms with E-state index >= 15 is 0 Å². The number of amides is 1. The van der Waals surface area contributed by atoms with Crippen LogP contribution in [-0.4, -0.2) is 28.9 Å². The molecule has 0 unspecified atom stereocenters. The summed E-state index contributed by atoms with van der Waals surface area (Å²) >= 11 is 1.57. The Morgan fingerprint density at radius 1 is 1.07 bits per heavy atom. The molecule has 0 fully saturated rings. The summed E-state index contributed by atoms with van der Waals surface area (Å²) in [6, 6.07) is 14.8. The molecular formula is C22H20N4O3S. The first-order chi connectivity index (χ1) is 14.6. The van der Waals surface area contributed by atoms with Crippen LogP contribution < -0.4 is 14.9 Å². The highest BCUT2D eigenvalue weighted by molar-refractivity contribution is 7.98. The summed E-state index contributed by atoms with van der Waals surface area (Å²) in [5.41, 5.74) is 6.88. The number of ether oxygens (including phenoxy) is 2. The molecular weight excluding hydrogens is 400 g/mol.